The number of hydrogen-bond donors (Lipinski definition) is 1. The van der Waals surface area contributed by atoms with E-state index in [4.69, 9.17) is 0 Å². The molecule has 1 aliphatic rings. The van der Waals surface area contributed by atoms with E-state index in [-0.39, 0.29) is 11.9 Å². The number of sulfonamides is 1. The van der Waals surface area contributed by atoms with Crippen molar-refractivity contribution in [3.05, 3.63) is 45.4 Å². The lowest BCUT2D eigenvalue weighted by Gasteiger charge is -2.17. The summed E-state index contributed by atoms with van der Waals surface area (Å²) in [6, 6.07) is 4.98. The Kier molecular flexibility index (Phi) is 4.83. The number of nitrogens with one attached hydrogen (secondary N) is 1. The summed E-state index contributed by atoms with van der Waals surface area (Å²) in [7, 11) is -3.28. The average Bonchev–Trinajstić information content (AvgIpc) is 3.20. The van der Waals surface area contributed by atoms with Crippen LogP contribution >= 0.6 is 11.3 Å². The van der Waals surface area contributed by atoms with Crippen LogP contribution in [0.5, 0.6) is 0 Å². The van der Waals surface area contributed by atoms with Gasteiger partial charge in [0.15, 0.2) is 0 Å². The maximum atomic E-state index is 12.5. The summed E-state index contributed by atoms with van der Waals surface area (Å²) >= 11 is 1.59. The molecule has 0 bridgehead atoms. The number of benzene rings is 1. The van der Waals surface area contributed by atoms with Crippen LogP contribution in [0.1, 0.15) is 46.5 Å². The molecule has 1 amide bonds. The van der Waals surface area contributed by atoms with Gasteiger partial charge in [0, 0.05) is 17.5 Å². The average molecular weight is 380 g/mol. The van der Waals surface area contributed by atoms with E-state index in [2.05, 4.69) is 17.2 Å². The van der Waals surface area contributed by atoms with Gasteiger partial charge in [0.25, 0.3) is 5.91 Å². The number of amides is 1. The molecule has 1 aromatic heterocycles. The second-order valence-corrected chi connectivity index (χ2v) is 8.99. The molecule has 25 heavy (non-hydrogen) atoms. The number of thiazole rings is 1. The summed E-state index contributed by atoms with van der Waals surface area (Å²) in [6.45, 7) is 4.38. The zero-order valence-corrected chi connectivity index (χ0v) is 16.1. The molecule has 0 aliphatic carbocycles. The van der Waals surface area contributed by atoms with Crippen LogP contribution < -0.4 is 9.62 Å². The topological polar surface area (TPSA) is 79.4 Å². The van der Waals surface area contributed by atoms with Gasteiger partial charge in [0.05, 0.1) is 28.7 Å². The van der Waals surface area contributed by atoms with Gasteiger partial charge in [-0.1, -0.05) is 6.92 Å². The standard InChI is InChI=1S/C17H21N3O3S2/c1-4-16-19-14(10-24-16)11(2)18-17(21)13-5-6-15-12(9-13)7-8-20(15)25(3,22)23/h5-6,9-11H,4,7-8H2,1-3H3,(H,18,21). The number of nitrogens with zero attached hydrogens (tertiary/aromatic N) is 2. The summed E-state index contributed by atoms with van der Waals surface area (Å²) in [5.74, 6) is -0.181. The quantitative estimate of drug-likeness (QED) is 0.866. The smallest absolute Gasteiger partial charge is 0.251 e. The summed E-state index contributed by atoms with van der Waals surface area (Å²) in [4.78, 5) is 17.0. The number of carbonyl (C=O) groups is 1. The predicted octanol–water partition coefficient (Wildman–Crippen LogP) is 2.52. The van der Waals surface area contributed by atoms with Crippen LogP contribution in [-0.2, 0) is 22.9 Å². The molecule has 8 heteroatoms. The fraction of sp³-hybridized carbons (Fsp3) is 0.412. The highest BCUT2D eigenvalue weighted by molar-refractivity contribution is 7.92. The Morgan fingerprint density at radius 3 is 2.84 bits per heavy atom. The molecule has 1 unspecified atom stereocenters. The van der Waals surface area contributed by atoms with E-state index in [1.54, 1.807) is 29.5 Å². The second kappa shape index (κ2) is 6.76. The molecule has 2 aromatic rings. The van der Waals surface area contributed by atoms with Crippen LogP contribution in [0, 0.1) is 0 Å². The molecular formula is C17H21N3O3S2. The van der Waals surface area contributed by atoms with E-state index in [9.17, 15) is 13.2 Å². The van der Waals surface area contributed by atoms with Crippen molar-refractivity contribution in [3.8, 4) is 0 Å². The van der Waals surface area contributed by atoms with Crippen LogP contribution in [0.25, 0.3) is 0 Å². The number of aromatic nitrogens is 1. The van der Waals surface area contributed by atoms with Crippen molar-refractivity contribution < 1.29 is 13.2 Å². The maximum absolute atomic E-state index is 12.5. The third-order valence-electron chi connectivity index (χ3n) is 4.26. The highest BCUT2D eigenvalue weighted by Crippen LogP contribution is 2.30. The highest BCUT2D eigenvalue weighted by Gasteiger charge is 2.27. The normalized spacial score (nSPS) is 15.1. The monoisotopic (exact) mass is 379 g/mol. The summed E-state index contributed by atoms with van der Waals surface area (Å²) in [5, 5.41) is 5.98. The number of anilines is 1. The molecule has 0 radical (unpaired) electrons. The molecule has 3 rings (SSSR count). The van der Waals surface area contributed by atoms with Crippen LogP contribution in [0.15, 0.2) is 23.6 Å². The first-order valence-electron chi connectivity index (χ1n) is 8.15. The lowest BCUT2D eigenvalue weighted by atomic mass is 10.1. The molecule has 1 aromatic carbocycles. The number of aryl methyl sites for hydroxylation is 1. The van der Waals surface area contributed by atoms with E-state index < -0.39 is 10.0 Å². The van der Waals surface area contributed by atoms with Crippen molar-refractivity contribution in [2.24, 2.45) is 0 Å². The van der Waals surface area contributed by atoms with Crippen molar-refractivity contribution in [1.29, 1.82) is 0 Å². The molecule has 0 spiro atoms. The molecule has 0 saturated carbocycles. The minimum absolute atomic E-state index is 0.176. The predicted molar refractivity (Wildman–Crippen MR) is 99.7 cm³/mol. The minimum atomic E-state index is -3.28. The highest BCUT2D eigenvalue weighted by atomic mass is 32.2. The number of fused-ring (bicyclic) bond motifs is 1. The minimum Gasteiger partial charge on any atom is -0.344 e. The molecule has 6 nitrogen and oxygen atoms in total. The molecule has 1 atom stereocenters. The van der Waals surface area contributed by atoms with Gasteiger partial charge in [-0.05, 0) is 43.5 Å². The molecule has 1 aliphatic heterocycles. The van der Waals surface area contributed by atoms with Gasteiger partial charge in [-0.3, -0.25) is 9.10 Å². The zero-order valence-electron chi connectivity index (χ0n) is 14.4. The summed E-state index contributed by atoms with van der Waals surface area (Å²) < 4.78 is 25.0. The van der Waals surface area contributed by atoms with Gasteiger partial charge in [0.1, 0.15) is 0 Å². The van der Waals surface area contributed by atoms with Gasteiger partial charge in [0.2, 0.25) is 10.0 Å². The molecule has 0 saturated heterocycles. The maximum Gasteiger partial charge on any atom is 0.251 e. The van der Waals surface area contributed by atoms with Crippen LogP contribution in [-0.4, -0.2) is 32.1 Å². The number of rotatable bonds is 5. The second-order valence-electron chi connectivity index (χ2n) is 6.14. The summed E-state index contributed by atoms with van der Waals surface area (Å²) in [5.41, 5.74) is 2.94. The Labute approximate surface area is 151 Å². The van der Waals surface area contributed by atoms with Crippen molar-refractivity contribution in [3.63, 3.8) is 0 Å². The fourth-order valence-corrected chi connectivity index (χ4v) is 4.69. The lowest BCUT2D eigenvalue weighted by molar-refractivity contribution is 0.0939. The first-order chi connectivity index (χ1) is 11.8. The Morgan fingerprint density at radius 2 is 2.20 bits per heavy atom. The van der Waals surface area contributed by atoms with E-state index >= 15 is 0 Å². The van der Waals surface area contributed by atoms with E-state index in [1.165, 1.54) is 10.6 Å². The molecule has 134 valence electrons. The van der Waals surface area contributed by atoms with Crippen LogP contribution in [0.2, 0.25) is 0 Å². The summed E-state index contributed by atoms with van der Waals surface area (Å²) in [6.07, 6.45) is 2.70. The van der Waals surface area contributed by atoms with Crippen molar-refractivity contribution in [1.82, 2.24) is 10.3 Å². The Balaban J connectivity index is 1.75. The molecule has 2 heterocycles. The Morgan fingerprint density at radius 1 is 1.44 bits per heavy atom. The van der Waals surface area contributed by atoms with Crippen molar-refractivity contribution in [2.45, 2.75) is 32.7 Å². The van der Waals surface area contributed by atoms with Gasteiger partial charge in [-0.2, -0.15) is 0 Å². The fourth-order valence-electron chi connectivity index (χ4n) is 2.90. The Bertz CT molecular complexity index is 906. The Hall–Kier alpha value is -1.93. The largest absolute Gasteiger partial charge is 0.344 e. The first kappa shape index (κ1) is 17.9. The molecular weight excluding hydrogens is 358 g/mol. The number of carbonyl (C=O) groups excluding carboxylic acids is 1. The van der Waals surface area contributed by atoms with Gasteiger partial charge >= 0.3 is 0 Å². The SMILES string of the molecule is CCc1nc(C(C)NC(=O)c2ccc3c(c2)CCN3S(C)(=O)=O)cs1. The number of hydrogen-bond acceptors (Lipinski definition) is 5. The van der Waals surface area contributed by atoms with Gasteiger partial charge in [-0.25, -0.2) is 13.4 Å². The third-order valence-corrected chi connectivity index (χ3v) is 6.45. The van der Waals surface area contributed by atoms with Crippen LogP contribution in [0.4, 0.5) is 5.69 Å². The van der Waals surface area contributed by atoms with E-state index in [0.29, 0.717) is 24.2 Å². The van der Waals surface area contributed by atoms with Crippen molar-refractivity contribution >= 4 is 33.0 Å². The first-order valence-corrected chi connectivity index (χ1v) is 10.9. The van der Waals surface area contributed by atoms with Gasteiger partial charge in [-0.15, -0.1) is 11.3 Å². The van der Waals surface area contributed by atoms with Crippen molar-refractivity contribution in [2.75, 3.05) is 17.1 Å². The lowest BCUT2D eigenvalue weighted by Crippen LogP contribution is -2.28. The van der Waals surface area contributed by atoms with Gasteiger partial charge < -0.3 is 5.32 Å². The molecule has 0 fully saturated rings. The molecule has 1 N–H and O–H groups in total. The van der Waals surface area contributed by atoms with E-state index in [0.717, 1.165) is 22.7 Å². The van der Waals surface area contributed by atoms with Crippen LogP contribution in [0.3, 0.4) is 0 Å². The third kappa shape index (κ3) is 3.69. The van der Waals surface area contributed by atoms with E-state index in [1.807, 2.05) is 12.3 Å². The zero-order chi connectivity index (χ0) is 18.2.